The van der Waals surface area contributed by atoms with Crippen LogP contribution in [-0.2, 0) is 6.54 Å². The number of nitrogens with zero attached hydrogens (tertiary/aromatic N) is 4. The molecule has 6 nitrogen and oxygen atoms in total. The molecule has 1 aromatic carbocycles. The van der Waals surface area contributed by atoms with E-state index in [2.05, 4.69) is 35.2 Å². The van der Waals surface area contributed by atoms with Crippen LogP contribution in [0, 0.1) is 56.7 Å². The van der Waals surface area contributed by atoms with Crippen molar-refractivity contribution in [2.75, 3.05) is 13.1 Å². The molecule has 1 unspecified atom stereocenters. The van der Waals surface area contributed by atoms with Gasteiger partial charge in [0.1, 0.15) is 11.7 Å². The second-order valence-electron chi connectivity index (χ2n) is 7.49. The molecule has 1 saturated carbocycles. The molecule has 1 N–H and O–H groups in total. The van der Waals surface area contributed by atoms with Crippen LogP contribution in [0.15, 0.2) is 64.8 Å². The summed E-state index contributed by atoms with van der Waals surface area (Å²) in [6, 6.07) is 19.9. The molecule has 0 radical (unpaired) electrons. The zero-order valence-electron chi connectivity index (χ0n) is 15.7. The van der Waals surface area contributed by atoms with Gasteiger partial charge in [-0.05, 0) is 23.3 Å². The van der Waals surface area contributed by atoms with E-state index in [1.165, 1.54) is 11.8 Å². The first kappa shape index (κ1) is 18.7. The average molecular weight is 381 g/mol. The standard InChI is InChI=1S/C23H19N5O/c24-11-18-17-8-9-28(12-16-5-2-1-3-6-16)13-19(17)21(20-7-4-10-29-20)23(14-25,15-26)22(18)27/h1-8,10,18-19,21,27H,9,12-13H2/t18?,19-,21+/m0/s1. The van der Waals surface area contributed by atoms with Crippen LogP contribution in [0.1, 0.15) is 17.2 Å². The fourth-order valence-corrected chi connectivity index (χ4v) is 4.61. The van der Waals surface area contributed by atoms with Crippen LogP contribution in [0.25, 0.3) is 0 Å². The van der Waals surface area contributed by atoms with E-state index in [0.29, 0.717) is 18.8 Å². The Balaban J connectivity index is 1.78. The summed E-state index contributed by atoms with van der Waals surface area (Å²) in [7, 11) is 0. The molecule has 1 aliphatic heterocycles. The summed E-state index contributed by atoms with van der Waals surface area (Å²) < 4.78 is 5.62. The van der Waals surface area contributed by atoms with Gasteiger partial charge in [-0.25, -0.2) is 0 Å². The van der Waals surface area contributed by atoms with Gasteiger partial charge in [-0.1, -0.05) is 36.4 Å². The summed E-state index contributed by atoms with van der Waals surface area (Å²) in [5.74, 6) is -1.23. The fourth-order valence-electron chi connectivity index (χ4n) is 4.61. The van der Waals surface area contributed by atoms with E-state index in [9.17, 15) is 15.8 Å². The lowest BCUT2D eigenvalue weighted by Crippen LogP contribution is -2.52. The maximum atomic E-state index is 9.99. The van der Waals surface area contributed by atoms with Gasteiger partial charge < -0.3 is 9.83 Å². The molecule has 2 heterocycles. The highest BCUT2D eigenvalue weighted by Crippen LogP contribution is 2.53. The van der Waals surface area contributed by atoms with E-state index in [1.54, 1.807) is 12.1 Å². The summed E-state index contributed by atoms with van der Waals surface area (Å²) in [6.45, 7) is 1.97. The van der Waals surface area contributed by atoms with Crippen LogP contribution >= 0.6 is 0 Å². The van der Waals surface area contributed by atoms with E-state index in [-0.39, 0.29) is 11.6 Å². The lowest BCUT2D eigenvalue weighted by atomic mass is 9.55. The maximum Gasteiger partial charge on any atom is 0.192 e. The second kappa shape index (κ2) is 7.40. The molecule has 0 saturated heterocycles. The summed E-state index contributed by atoms with van der Waals surface area (Å²) in [4.78, 5) is 2.24. The molecule has 29 heavy (non-hydrogen) atoms. The molecule has 0 bridgehead atoms. The Hall–Kier alpha value is -3.66. The number of hydrogen-bond acceptors (Lipinski definition) is 6. The normalized spacial score (nSPS) is 25.8. The second-order valence-corrected chi connectivity index (χ2v) is 7.49. The van der Waals surface area contributed by atoms with Crippen molar-refractivity contribution in [3.63, 3.8) is 0 Å². The topological polar surface area (TPSA) is 112 Å². The Morgan fingerprint density at radius 2 is 1.86 bits per heavy atom. The molecular formula is C23H19N5O. The predicted octanol–water partition coefficient (Wildman–Crippen LogP) is 3.63. The molecule has 1 aromatic heterocycles. The van der Waals surface area contributed by atoms with Gasteiger partial charge in [-0.2, -0.15) is 15.8 Å². The van der Waals surface area contributed by atoms with Crippen molar-refractivity contribution in [3.05, 3.63) is 71.7 Å². The third-order valence-corrected chi connectivity index (χ3v) is 5.96. The van der Waals surface area contributed by atoms with Crippen LogP contribution in [0.5, 0.6) is 0 Å². The Bertz CT molecular complexity index is 1050. The van der Waals surface area contributed by atoms with E-state index in [0.717, 1.165) is 12.1 Å². The van der Waals surface area contributed by atoms with E-state index in [4.69, 9.17) is 9.83 Å². The largest absolute Gasteiger partial charge is 0.469 e. The van der Waals surface area contributed by atoms with Gasteiger partial charge >= 0.3 is 0 Å². The Labute approximate surface area is 169 Å². The minimum absolute atomic E-state index is 0.148. The zero-order chi connectivity index (χ0) is 20.4. The van der Waals surface area contributed by atoms with Crippen LogP contribution in [0.2, 0.25) is 0 Å². The first-order valence-corrected chi connectivity index (χ1v) is 9.45. The number of fused-ring (bicyclic) bond motifs is 1. The molecule has 1 aliphatic carbocycles. The molecule has 0 amide bonds. The summed E-state index contributed by atoms with van der Waals surface area (Å²) in [6.07, 6.45) is 3.51. The van der Waals surface area contributed by atoms with Gasteiger partial charge in [0, 0.05) is 25.6 Å². The fraction of sp³-hybridized carbons (Fsp3) is 0.304. The van der Waals surface area contributed by atoms with Crippen molar-refractivity contribution in [1.29, 1.82) is 21.2 Å². The number of nitriles is 3. The van der Waals surface area contributed by atoms with Crippen molar-refractivity contribution < 1.29 is 4.42 Å². The molecule has 1 fully saturated rings. The highest BCUT2D eigenvalue weighted by Gasteiger charge is 2.58. The van der Waals surface area contributed by atoms with Crippen molar-refractivity contribution in [2.45, 2.75) is 12.5 Å². The van der Waals surface area contributed by atoms with Gasteiger partial charge in [0.2, 0.25) is 0 Å². The third-order valence-electron chi connectivity index (χ3n) is 5.96. The average Bonchev–Trinajstić information content (AvgIpc) is 3.28. The van der Waals surface area contributed by atoms with Crippen molar-refractivity contribution in [1.82, 2.24) is 4.90 Å². The molecule has 142 valence electrons. The number of benzene rings is 1. The van der Waals surface area contributed by atoms with E-state index < -0.39 is 17.3 Å². The molecule has 0 spiro atoms. The van der Waals surface area contributed by atoms with Crippen molar-refractivity contribution in [2.24, 2.45) is 17.3 Å². The van der Waals surface area contributed by atoms with Crippen LogP contribution in [0.4, 0.5) is 0 Å². The molecule has 4 rings (SSSR count). The first-order chi connectivity index (χ1) is 14.1. The van der Waals surface area contributed by atoms with E-state index >= 15 is 0 Å². The SMILES string of the molecule is N#CC1C(=N)C(C#N)(C#N)[C@@H](c2ccco2)[C@H]2CN(Cc3ccccc3)CC=C12. The number of nitrogens with one attached hydrogen (secondary N) is 1. The smallest absolute Gasteiger partial charge is 0.192 e. The monoisotopic (exact) mass is 381 g/mol. The van der Waals surface area contributed by atoms with Gasteiger partial charge in [-0.3, -0.25) is 4.90 Å². The molecular weight excluding hydrogens is 362 g/mol. The molecule has 3 atom stereocenters. The van der Waals surface area contributed by atoms with Crippen LogP contribution in [0.3, 0.4) is 0 Å². The Morgan fingerprint density at radius 3 is 2.48 bits per heavy atom. The third kappa shape index (κ3) is 2.93. The Kier molecular flexibility index (Phi) is 4.77. The molecule has 2 aliphatic rings. The summed E-state index contributed by atoms with van der Waals surface area (Å²) in [5, 5.41) is 38.3. The highest BCUT2D eigenvalue weighted by molar-refractivity contribution is 6.00. The van der Waals surface area contributed by atoms with Gasteiger partial charge in [-0.15, -0.1) is 0 Å². The number of furan rings is 1. The first-order valence-electron chi connectivity index (χ1n) is 9.45. The summed E-state index contributed by atoms with van der Waals surface area (Å²) in [5.41, 5.74) is 0.122. The summed E-state index contributed by atoms with van der Waals surface area (Å²) >= 11 is 0. The molecule has 2 aromatic rings. The maximum absolute atomic E-state index is 9.99. The van der Waals surface area contributed by atoms with Crippen molar-refractivity contribution in [3.8, 4) is 18.2 Å². The van der Waals surface area contributed by atoms with Gasteiger partial charge in [0.15, 0.2) is 5.41 Å². The van der Waals surface area contributed by atoms with Crippen molar-refractivity contribution >= 4 is 5.71 Å². The highest BCUT2D eigenvalue weighted by atomic mass is 16.3. The van der Waals surface area contributed by atoms with Crippen LogP contribution in [-0.4, -0.2) is 23.7 Å². The minimum atomic E-state index is -1.73. The number of hydrogen-bond donors (Lipinski definition) is 1. The number of rotatable bonds is 3. The van der Waals surface area contributed by atoms with Gasteiger partial charge in [0.25, 0.3) is 0 Å². The minimum Gasteiger partial charge on any atom is -0.469 e. The van der Waals surface area contributed by atoms with Crippen LogP contribution < -0.4 is 0 Å². The van der Waals surface area contributed by atoms with E-state index in [1.807, 2.05) is 24.3 Å². The zero-order valence-corrected chi connectivity index (χ0v) is 15.7. The lowest BCUT2D eigenvalue weighted by Gasteiger charge is -2.46. The Morgan fingerprint density at radius 1 is 1.10 bits per heavy atom. The van der Waals surface area contributed by atoms with Gasteiger partial charge in [0.05, 0.1) is 36.1 Å². The molecule has 6 heteroatoms. The lowest BCUT2D eigenvalue weighted by molar-refractivity contribution is 0.186. The quantitative estimate of drug-likeness (QED) is 0.816. The predicted molar refractivity (Wildman–Crippen MR) is 105 cm³/mol.